The molecule has 9 nitrogen and oxygen atoms in total. The molecular formula is C20H24FN5O4S. The number of methoxy groups -OCH3 is 1. The third kappa shape index (κ3) is 3.15. The maximum Gasteiger partial charge on any atom is 0.275 e. The van der Waals surface area contributed by atoms with Gasteiger partial charge < -0.3 is 15.8 Å². The number of nitrogens with two attached hydrogens (primary N) is 1. The second kappa shape index (κ2) is 7.14. The molecule has 5 N–H and O–H groups in total. The molecule has 0 aliphatic carbocycles. The summed E-state index contributed by atoms with van der Waals surface area (Å²) in [7, 11) is -1.74. The number of benzene rings is 1. The van der Waals surface area contributed by atoms with Crippen LogP contribution in [0.15, 0.2) is 35.6 Å². The predicted molar refractivity (Wildman–Crippen MR) is 116 cm³/mol. The number of aliphatic imine (C=N–C) groups is 1. The van der Waals surface area contributed by atoms with Crippen molar-refractivity contribution in [3.8, 4) is 5.88 Å². The number of carbonyl (C=O) groups excluding carboxylic acids is 1. The number of nitrogens with one attached hydrogen (secondary N) is 1. The number of hydrogen-bond acceptors (Lipinski definition) is 8. The van der Waals surface area contributed by atoms with Crippen molar-refractivity contribution in [3.05, 3.63) is 47.7 Å². The van der Waals surface area contributed by atoms with E-state index >= 15 is 0 Å². The first-order valence-corrected chi connectivity index (χ1v) is 11.2. The fraction of sp³-hybridized carbons (Fsp3) is 0.400. The lowest BCUT2D eigenvalue weighted by Crippen LogP contribution is -2.53. The Labute approximate surface area is 180 Å². The van der Waals surface area contributed by atoms with E-state index in [2.05, 4.69) is 20.3 Å². The third-order valence-corrected chi connectivity index (χ3v) is 9.53. The Balaban J connectivity index is 1.69. The first kappa shape index (κ1) is 21.5. The smallest absolute Gasteiger partial charge is 0.275 e. The third-order valence-electron chi connectivity index (χ3n) is 6.30. The van der Waals surface area contributed by atoms with Crippen LogP contribution in [0.3, 0.4) is 0 Å². The quantitative estimate of drug-likeness (QED) is 0.561. The standard InChI is InChI=1S/C20H24FN5O4S/c1-19-7-6-15(31(19,28)29)20(2,26-18(19)22)12-8-11(4-5-13(12)21)25-17(27)14-9-24-16(30-3)10-23-14/h4-5,8-10,15,28-29H,6-7H2,1-3H3,(H2,22,26)(H,25,27)/t15-,19+,20+/m0/s1. The first-order chi connectivity index (χ1) is 14.5. The van der Waals surface area contributed by atoms with Crippen LogP contribution in [0.4, 0.5) is 10.1 Å². The molecule has 0 spiro atoms. The molecule has 4 rings (SSSR count). The number of carbonyl (C=O) groups is 1. The van der Waals surface area contributed by atoms with Crippen LogP contribution in [0.2, 0.25) is 0 Å². The highest BCUT2D eigenvalue weighted by Gasteiger charge is 2.62. The molecule has 1 aromatic carbocycles. The van der Waals surface area contributed by atoms with Crippen molar-refractivity contribution >= 4 is 28.0 Å². The van der Waals surface area contributed by atoms with Gasteiger partial charge in [0.15, 0.2) is 0 Å². The van der Waals surface area contributed by atoms with E-state index in [4.69, 9.17) is 10.5 Å². The van der Waals surface area contributed by atoms with Crippen molar-refractivity contribution in [2.45, 2.75) is 42.2 Å². The highest BCUT2D eigenvalue weighted by atomic mass is 32.3. The number of nitrogens with zero attached hydrogens (tertiary/aromatic N) is 3. The molecule has 2 aliphatic heterocycles. The summed E-state index contributed by atoms with van der Waals surface area (Å²) in [6, 6.07) is 4.05. The highest BCUT2D eigenvalue weighted by molar-refractivity contribution is 8.26. The second-order valence-corrected chi connectivity index (χ2v) is 10.7. The SMILES string of the molecule is COc1cnc(C(=O)Nc2ccc(F)c([C@@]3(C)N=C(N)[C@@]4(C)CC[C@@H]3S4(O)O)c2)cn1. The van der Waals surface area contributed by atoms with Crippen LogP contribution in [0.5, 0.6) is 5.88 Å². The minimum Gasteiger partial charge on any atom is -0.480 e. The molecular weight excluding hydrogens is 425 g/mol. The average Bonchev–Trinajstić information content (AvgIpc) is 2.92. The van der Waals surface area contributed by atoms with E-state index in [1.807, 2.05) is 0 Å². The molecule has 1 aromatic heterocycles. The molecule has 11 heteroatoms. The van der Waals surface area contributed by atoms with E-state index in [0.29, 0.717) is 18.5 Å². The molecule has 3 heterocycles. The van der Waals surface area contributed by atoms with Crippen LogP contribution < -0.4 is 15.8 Å². The second-order valence-electron chi connectivity index (χ2n) is 8.09. The van der Waals surface area contributed by atoms with Crippen molar-refractivity contribution in [1.82, 2.24) is 9.97 Å². The number of ether oxygens (including phenoxy) is 1. The van der Waals surface area contributed by atoms with Crippen molar-refractivity contribution in [2.24, 2.45) is 10.7 Å². The largest absolute Gasteiger partial charge is 0.480 e. The Morgan fingerprint density at radius 3 is 2.71 bits per heavy atom. The lowest BCUT2D eigenvalue weighted by molar-refractivity contribution is 0.102. The monoisotopic (exact) mass is 449 g/mol. The summed E-state index contributed by atoms with van der Waals surface area (Å²) < 4.78 is 40.8. The van der Waals surface area contributed by atoms with Gasteiger partial charge in [-0.05, 0) is 44.9 Å². The minimum atomic E-state index is -3.18. The molecule has 3 atom stereocenters. The van der Waals surface area contributed by atoms with Gasteiger partial charge in [-0.3, -0.25) is 18.9 Å². The van der Waals surface area contributed by atoms with E-state index < -0.39 is 37.9 Å². The van der Waals surface area contributed by atoms with Gasteiger partial charge >= 0.3 is 0 Å². The molecule has 166 valence electrons. The van der Waals surface area contributed by atoms with E-state index in [0.717, 1.165) is 0 Å². The summed E-state index contributed by atoms with van der Waals surface area (Å²) >= 11 is 0. The lowest BCUT2D eigenvalue weighted by atomic mass is 9.86. The summed E-state index contributed by atoms with van der Waals surface area (Å²) in [5.41, 5.74) is 5.34. The summed E-state index contributed by atoms with van der Waals surface area (Å²) in [6.45, 7) is 3.33. The zero-order valence-electron chi connectivity index (χ0n) is 17.3. The molecule has 31 heavy (non-hydrogen) atoms. The highest BCUT2D eigenvalue weighted by Crippen LogP contribution is 2.71. The molecule has 1 fully saturated rings. The van der Waals surface area contributed by atoms with Crippen LogP contribution in [-0.4, -0.2) is 47.9 Å². The maximum atomic E-state index is 14.9. The van der Waals surface area contributed by atoms with Gasteiger partial charge in [0.25, 0.3) is 5.91 Å². The number of halogens is 1. The zero-order valence-corrected chi connectivity index (χ0v) is 18.1. The van der Waals surface area contributed by atoms with Gasteiger partial charge in [-0.1, -0.05) is 0 Å². The van der Waals surface area contributed by atoms with Crippen molar-refractivity contribution in [1.29, 1.82) is 0 Å². The summed E-state index contributed by atoms with van der Waals surface area (Å²) in [4.78, 5) is 25.0. The van der Waals surface area contributed by atoms with E-state index in [1.54, 1.807) is 13.8 Å². The van der Waals surface area contributed by atoms with Crippen LogP contribution in [0, 0.1) is 5.82 Å². The Kier molecular flexibility index (Phi) is 4.95. The van der Waals surface area contributed by atoms with E-state index in [1.165, 1.54) is 37.7 Å². The Morgan fingerprint density at radius 1 is 1.32 bits per heavy atom. The number of hydrogen-bond donors (Lipinski definition) is 4. The molecule has 0 unspecified atom stereocenters. The van der Waals surface area contributed by atoms with Gasteiger partial charge in [-0.15, -0.1) is 0 Å². The normalized spacial score (nSPS) is 29.7. The van der Waals surface area contributed by atoms with Crippen LogP contribution >= 0.6 is 10.6 Å². The Bertz CT molecular complexity index is 1080. The fourth-order valence-electron chi connectivity index (χ4n) is 4.32. The number of fused-ring (bicyclic) bond motifs is 2. The number of amides is 1. The lowest BCUT2D eigenvalue weighted by Gasteiger charge is -2.54. The molecule has 1 amide bonds. The van der Waals surface area contributed by atoms with Gasteiger partial charge in [-0.25, -0.2) is 14.4 Å². The van der Waals surface area contributed by atoms with Crippen LogP contribution in [0.25, 0.3) is 0 Å². The first-order valence-electron chi connectivity index (χ1n) is 9.63. The molecule has 2 aliphatic rings. The predicted octanol–water partition coefficient (Wildman–Crippen LogP) is 3.13. The van der Waals surface area contributed by atoms with Gasteiger partial charge in [0.1, 0.15) is 27.6 Å². The Morgan fingerprint density at radius 2 is 2.06 bits per heavy atom. The number of anilines is 1. The zero-order chi connectivity index (χ0) is 22.6. The summed E-state index contributed by atoms with van der Waals surface area (Å²) in [6.07, 6.45) is 3.48. The van der Waals surface area contributed by atoms with Gasteiger partial charge in [0.05, 0.1) is 24.8 Å². The molecule has 0 saturated carbocycles. The average molecular weight is 450 g/mol. The number of amidine groups is 1. The number of rotatable bonds is 4. The van der Waals surface area contributed by atoms with E-state index in [9.17, 15) is 18.3 Å². The fourth-order valence-corrected chi connectivity index (χ4v) is 6.98. The van der Waals surface area contributed by atoms with Crippen molar-refractivity contribution in [2.75, 3.05) is 12.4 Å². The summed E-state index contributed by atoms with van der Waals surface area (Å²) in [5, 5.41) is 1.97. The minimum absolute atomic E-state index is 0.0542. The topological polar surface area (TPSA) is 143 Å². The molecule has 2 bridgehead atoms. The molecule has 1 saturated heterocycles. The maximum absolute atomic E-state index is 14.9. The molecule has 0 radical (unpaired) electrons. The number of aromatic nitrogens is 2. The van der Waals surface area contributed by atoms with Crippen LogP contribution in [0.1, 0.15) is 42.7 Å². The van der Waals surface area contributed by atoms with Crippen molar-refractivity contribution in [3.63, 3.8) is 0 Å². The molecule has 2 aromatic rings. The Hall–Kier alpha value is -2.76. The van der Waals surface area contributed by atoms with E-state index in [-0.39, 0.29) is 23.0 Å². The van der Waals surface area contributed by atoms with Gasteiger partial charge in [0, 0.05) is 11.3 Å². The summed E-state index contributed by atoms with van der Waals surface area (Å²) in [5.74, 6) is -0.746. The van der Waals surface area contributed by atoms with Gasteiger partial charge in [-0.2, -0.15) is 10.6 Å². The van der Waals surface area contributed by atoms with Crippen molar-refractivity contribution < 1.29 is 23.0 Å². The van der Waals surface area contributed by atoms with Crippen LogP contribution in [-0.2, 0) is 5.54 Å². The van der Waals surface area contributed by atoms with Gasteiger partial charge in [0.2, 0.25) is 5.88 Å².